The molecule has 0 bridgehead atoms. The van der Waals surface area contributed by atoms with Crippen LogP contribution >= 0.6 is 11.3 Å². The summed E-state index contributed by atoms with van der Waals surface area (Å²) in [5.74, 6) is 0. The molecule has 0 saturated heterocycles. The Balaban J connectivity index is 1.09. The Hall–Kier alpha value is -7.52. The Labute approximate surface area is 354 Å². The molecule has 0 saturated carbocycles. The predicted octanol–water partition coefficient (Wildman–Crippen LogP) is 17.0. The molecule has 0 radical (unpaired) electrons. The van der Waals surface area contributed by atoms with Crippen LogP contribution in [-0.2, 0) is 0 Å². The number of anilines is 3. The van der Waals surface area contributed by atoms with E-state index in [2.05, 4.69) is 241 Å². The van der Waals surface area contributed by atoms with Crippen LogP contribution in [0.15, 0.2) is 237 Å². The van der Waals surface area contributed by atoms with Gasteiger partial charge in [0.15, 0.2) is 0 Å². The molecule has 0 atom stereocenters. The molecule has 0 aliphatic heterocycles. The van der Waals surface area contributed by atoms with Crippen LogP contribution in [0.25, 0.3) is 86.6 Å². The lowest BCUT2D eigenvalue weighted by molar-refractivity contribution is 1.29. The minimum atomic E-state index is 1.09. The summed E-state index contributed by atoms with van der Waals surface area (Å²) in [4.78, 5) is 2.45. The summed E-state index contributed by atoms with van der Waals surface area (Å²) >= 11 is 1.85. The lowest BCUT2D eigenvalue weighted by atomic mass is 9.91. The summed E-state index contributed by atoms with van der Waals surface area (Å²) < 4.78 is 2.59. The van der Waals surface area contributed by atoms with Crippen molar-refractivity contribution in [3.63, 3.8) is 0 Å². The Morgan fingerprint density at radius 2 is 0.783 bits per heavy atom. The minimum Gasteiger partial charge on any atom is -0.310 e. The molecule has 0 unspecified atom stereocenters. The van der Waals surface area contributed by atoms with E-state index in [0.717, 1.165) is 17.1 Å². The summed E-state index contributed by atoms with van der Waals surface area (Å²) in [5.41, 5.74) is 15.3. The largest absolute Gasteiger partial charge is 0.310 e. The Morgan fingerprint density at radius 1 is 0.267 bits per heavy atom. The summed E-state index contributed by atoms with van der Waals surface area (Å²) in [7, 11) is 0. The maximum atomic E-state index is 2.45. The Morgan fingerprint density at radius 3 is 1.52 bits per heavy atom. The van der Waals surface area contributed by atoms with Crippen LogP contribution in [0, 0.1) is 0 Å². The van der Waals surface area contributed by atoms with Gasteiger partial charge in [-0.15, -0.1) is 11.3 Å². The third kappa shape index (κ3) is 6.63. The molecular weight excluding hydrogens is 743 g/mol. The molecule has 11 rings (SSSR count). The van der Waals surface area contributed by atoms with Crippen molar-refractivity contribution < 1.29 is 0 Å². The molecule has 0 aliphatic carbocycles. The Kier molecular flexibility index (Phi) is 9.11. The summed E-state index contributed by atoms with van der Waals surface area (Å²) in [6.45, 7) is 0. The van der Waals surface area contributed by atoms with Crippen molar-refractivity contribution in [1.29, 1.82) is 0 Å². The first-order valence-corrected chi connectivity index (χ1v) is 21.3. The molecule has 1 nitrogen and oxygen atoms in total. The molecule has 0 aliphatic rings. The van der Waals surface area contributed by atoms with E-state index in [1.807, 2.05) is 11.3 Å². The van der Waals surface area contributed by atoms with E-state index in [4.69, 9.17) is 0 Å². The molecule has 282 valence electrons. The molecule has 60 heavy (non-hydrogen) atoms. The van der Waals surface area contributed by atoms with Crippen molar-refractivity contribution in [2.24, 2.45) is 0 Å². The van der Waals surface area contributed by atoms with E-state index in [1.54, 1.807) is 0 Å². The zero-order valence-electron chi connectivity index (χ0n) is 32.9. The van der Waals surface area contributed by atoms with Gasteiger partial charge in [0.2, 0.25) is 0 Å². The number of fused-ring (bicyclic) bond motifs is 4. The summed E-state index contributed by atoms with van der Waals surface area (Å²) in [6, 6.07) is 86.3. The first kappa shape index (κ1) is 35.6. The van der Waals surface area contributed by atoms with Crippen molar-refractivity contribution >= 4 is 59.3 Å². The van der Waals surface area contributed by atoms with Crippen LogP contribution in [0.4, 0.5) is 17.1 Å². The molecular formula is C58H39NS. The van der Waals surface area contributed by atoms with E-state index in [1.165, 1.54) is 86.6 Å². The highest BCUT2D eigenvalue weighted by atomic mass is 32.1. The molecule has 2 heteroatoms. The summed E-state index contributed by atoms with van der Waals surface area (Å²) in [5, 5.41) is 5.04. The first-order chi connectivity index (χ1) is 29.7. The molecule has 1 heterocycles. The van der Waals surface area contributed by atoms with E-state index < -0.39 is 0 Å². The van der Waals surface area contributed by atoms with Crippen molar-refractivity contribution in [2.75, 3.05) is 4.90 Å². The third-order valence-corrected chi connectivity index (χ3v) is 12.8. The topological polar surface area (TPSA) is 3.24 Å². The molecule has 11 aromatic rings. The minimum absolute atomic E-state index is 1.09. The fraction of sp³-hybridized carbons (Fsp3) is 0. The number of nitrogens with zero attached hydrogens (tertiary/aromatic N) is 1. The van der Waals surface area contributed by atoms with E-state index in [0.29, 0.717) is 0 Å². The molecule has 1 aromatic heterocycles. The standard InChI is InChI=1S/C58H39NS/c1-4-15-42(16-5-1)51-33-28-47(37-54(51)44-19-8-3-9-20-44)41-26-30-49(31-27-41)59(50-32-35-58-55(39-50)53-22-12-13-23-57(53)60-58)56-38-48(29-34-52(56)43-17-6-2-7-18-43)46-25-24-40-14-10-11-21-45(40)36-46/h1-39H. The average Bonchev–Trinajstić information content (AvgIpc) is 3.70. The van der Waals surface area contributed by atoms with Gasteiger partial charge < -0.3 is 4.90 Å². The maximum Gasteiger partial charge on any atom is 0.0546 e. The van der Waals surface area contributed by atoms with Crippen molar-refractivity contribution in [2.45, 2.75) is 0 Å². The smallest absolute Gasteiger partial charge is 0.0546 e. The second kappa shape index (κ2) is 15.3. The van der Waals surface area contributed by atoms with Crippen molar-refractivity contribution in [3.8, 4) is 55.6 Å². The molecule has 0 N–H and O–H groups in total. The highest BCUT2D eigenvalue weighted by Gasteiger charge is 2.20. The lowest BCUT2D eigenvalue weighted by Crippen LogP contribution is -2.11. The van der Waals surface area contributed by atoms with Gasteiger partial charge >= 0.3 is 0 Å². The van der Waals surface area contributed by atoms with E-state index >= 15 is 0 Å². The van der Waals surface area contributed by atoms with Gasteiger partial charge in [0.1, 0.15) is 0 Å². The number of hydrogen-bond donors (Lipinski definition) is 0. The van der Waals surface area contributed by atoms with Crippen LogP contribution in [-0.4, -0.2) is 0 Å². The number of rotatable bonds is 8. The first-order valence-electron chi connectivity index (χ1n) is 20.5. The van der Waals surface area contributed by atoms with Gasteiger partial charge in [-0.3, -0.25) is 0 Å². The molecule has 0 fully saturated rings. The number of thiophene rings is 1. The molecule has 0 spiro atoms. The second-order valence-corrected chi connectivity index (χ2v) is 16.4. The Bertz CT molecular complexity index is 3290. The molecule has 10 aromatic carbocycles. The van der Waals surface area contributed by atoms with Gasteiger partial charge in [-0.1, -0.05) is 182 Å². The van der Waals surface area contributed by atoms with Crippen LogP contribution in [0.2, 0.25) is 0 Å². The highest BCUT2D eigenvalue weighted by molar-refractivity contribution is 7.25. The van der Waals surface area contributed by atoms with Gasteiger partial charge in [-0.2, -0.15) is 0 Å². The summed E-state index contributed by atoms with van der Waals surface area (Å²) in [6.07, 6.45) is 0. The fourth-order valence-corrected chi connectivity index (χ4v) is 9.75. The van der Waals surface area contributed by atoms with Gasteiger partial charge in [-0.25, -0.2) is 0 Å². The van der Waals surface area contributed by atoms with E-state index in [9.17, 15) is 0 Å². The van der Waals surface area contributed by atoms with Crippen LogP contribution < -0.4 is 4.90 Å². The zero-order chi connectivity index (χ0) is 39.8. The van der Waals surface area contributed by atoms with Gasteiger partial charge in [0.25, 0.3) is 0 Å². The normalized spacial score (nSPS) is 11.3. The monoisotopic (exact) mass is 781 g/mol. The lowest BCUT2D eigenvalue weighted by Gasteiger charge is -2.29. The van der Waals surface area contributed by atoms with Crippen molar-refractivity contribution in [1.82, 2.24) is 0 Å². The second-order valence-electron chi connectivity index (χ2n) is 15.3. The van der Waals surface area contributed by atoms with Crippen molar-refractivity contribution in [3.05, 3.63) is 237 Å². The number of hydrogen-bond acceptors (Lipinski definition) is 2. The maximum absolute atomic E-state index is 2.45. The molecule has 0 amide bonds. The highest BCUT2D eigenvalue weighted by Crippen LogP contribution is 2.46. The number of benzene rings is 10. The van der Waals surface area contributed by atoms with Crippen LogP contribution in [0.1, 0.15) is 0 Å². The van der Waals surface area contributed by atoms with E-state index in [-0.39, 0.29) is 0 Å². The third-order valence-electron chi connectivity index (χ3n) is 11.7. The fourth-order valence-electron chi connectivity index (χ4n) is 8.66. The quantitative estimate of drug-likeness (QED) is 0.148. The van der Waals surface area contributed by atoms with Gasteiger partial charge in [0, 0.05) is 37.1 Å². The zero-order valence-corrected chi connectivity index (χ0v) is 33.7. The van der Waals surface area contributed by atoms with Gasteiger partial charge in [-0.05, 0) is 115 Å². The van der Waals surface area contributed by atoms with Gasteiger partial charge in [0.05, 0.1) is 5.69 Å². The van der Waals surface area contributed by atoms with Crippen LogP contribution in [0.5, 0.6) is 0 Å². The predicted molar refractivity (Wildman–Crippen MR) is 259 cm³/mol. The average molecular weight is 782 g/mol. The SMILES string of the molecule is c1ccc(-c2ccc(-c3ccc(N(c4ccc5sc6ccccc6c5c4)c4cc(-c5ccc6ccccc6c5)ccc4-c4ccccc4)cc3)cc2-c2ccccc2)cc1. The van der Waals surface area contributed by atoms with Crippen LogP contribution in [0.3, 0.4) is 0 Å².